The molecule has 0 saturated heterocycles. The molecule has 24 heavy (non-hydrogen) atoms. The maximum absolute atomic E-state index is 10.8. The lowest BCUT2D eigenvalue weighted by Crippen LogP contribution is -2.23. The van der Waals surface area contributed by atoms with Crippen molar-refractivity contribution in [2.24, 2.45) is 0 Å². The standard InChI is InChI=1S/C16H17N5O2S/c22-14(23)3-2-11-8-12-9-20(5-1-6-21(12)19-11)15-13-4-7-24-16(13)18-10-17-15/h4,7-8,10H,1-3,5-6,9H2,(H,22,23). The summed E-state index contributed by atoms with van der Waals surface area (Å²) in [7, 11) is 0. The number of anilines is 1. The number of rotatable bonds is 4. The molecule has 1 aliphatic heterocycles. The van der Waals surface area contributed by atoms with Gasteiger partial charge in [0.15, 0.2) is 0 Å². The van der Waals surface area contributed by atoms with Gasteiger partial charge in [-0.25, -0.2) is 9.97 Å². The lowest BCUT2D eigenvalue weighted by molar-refractivity contribution is -0.136. The minimum atomic E-state index is -0.791. The highest BCUT2D eigenvalue weighted by Crippen LogP contribution is 2.29. The molecule has 7 nitrogen and oxygen atoms in total. The Morgan fingerprint density at radius 1 is 1.33 bits per heavy atom. The molecule has 0 amide bonds. The van der Waals surface area contributed by atoms with Crippen molar-refractivity contribution >= 4 is 33.3 Å². The summed E-state index contributed by atoms with van der Waals surface area (Å²) < 4.78 is 2.00. The van der Waals surface area contributed by atoms with Crippen LogP contribution in [-0.4, -0.2) is 37.4 Å². The molecule has 124 valence electrons. The van der Waals surface area contributed by atoms with Crippen molar-refractivity contribution in [2.45, 2.75) is 32.4 Å². The van der Waals surface area contributed by atoms with E-state index in [9.17, 15) is 4.79 Å². The predicted octanol–water partition coefficient (Wildman–Crippen LogP) is 2.32. The lowest BCUT2D eigenvalue weighted by Gasteiger charge is -2.21. The molecule has 0 aromatic carbocycles. The smallest absolute Gasteiger partial charge is 0.303 e. The van der Waals surface area contributed by atoms with Gasteiger partial charge in [0.25, 0.3) is 0 Å². The molecule has 0 atom stereocenters. The van der Waals surface area contributed by atoms with Crippen molar-refractivity contribution in [3.05, 3.63) is 35.2 Å². The number of nitrogens with zero attached hydrogens (tertiary/aromatic N) is 5. The van der Waals surface area contributed by atoms with Crippen LogP contribution in [0.15, 0.2) is 23.8 Å². The van der Waals surface area contributed by atoms with Gasteiger partial charge in [0.05, 0.1) is 29.7 Å². The van der Waals surface area contributed by atoms with Crippen LogP contribution in [0.5, 0.6) is 0 Å². The Morgan fingerprint density at radius 3 is 3.12 bits per heavy atom. The quantitative estimate of drug-likeness (QED) is 0.782. The molecule has 0 aliphatic carbocycles. The summed E-state index contributed by atoms with van der Waals surface area (Å²) in [4.78, 5) is 22.8. The Morgan fingerprint density at radius 2 is 2.25 bits per heavy atom. The summed E-state index contributed by atoms with van der Waals surface area (Å²) >= 11 is 1.62. The first-order valence-corrected chi connectivity index (χ1v) is 8.79. The SMILES string of the molecule is O=C(O)CCc1cc2n(n1)CCCN(c1ncnc3sccc13)C2. The van der Waals surface area contributed by atoms with Gasteiger partial charge in [0.1, 0.15) is 17.0 Å². The highest BCUT2D eigenvalue weighted by Gasteiger charge is 2.20. The van der Waals surface area contributed by atoms with Crippen LogP contribution in [-0.2, 0) is 24.3 Å². The molecule has 3 aromatic heterocycles. The van der Waals surface area contributed by atoms with Crippen LogP contribution in [0.1, 0.15) is 24.2 Å². The molecule has 1 aliphatic rings. The number of fused-ring (bicyclic) bond motifs is 2. The van der Waals surface area contributed by atoms with Crippen LogP contribution in [0, 0.1) is 0 Å². The van der Waals surface area contributed by atoms with Crippen molar-refractivity contribution in [1.29, 1.82) is 0 Å². The van der Waals surface area contributed by atoms with Crippen molar-refractivity contribution in [3.8, 4) is 0 Å². The zero-order valence-corrected chi connectivity index (χ0v) is 13.9. The van der Waals surface area contributed by atoms with Crippen LogP contribution < -0.4 is 4.90 Å². The number of aliphatic carboxylic acids is 1. The van der Waals surface area contributed by atoms with Crippen LogP contribution in [0.2, 0.25) is 0 Å². The molecule has 3 aromatic rings. The molecular formula is C16H17N5O2S. The van der Waals surface area contributed by atoms with Gasteiger partial charge < -0.3 is 10.0 Å². The molecule has 0 spiro atoms. The fourth-order valence-corrected chi connectivity index (χ4v) is 3.82. The minimum Gasteiger partial charge on any atom is -0.481 e. The monoisotopic (exact) mass is 343 g/mol. The van der Waals surface area contributed by atoms with Gasteiger partial charge in [-0.2, -0.15) is 5.10 Å². The van der Waals surface area contributed by atoms with Crippen LogP contribution in [0.4, 0.5) is 5.82 Å². The highest BCUT2D eigenvalue weighted by molar-refractivity contribution is 7.16. The van der Waals surface area contributed by atoms with Gasteiger partial charge in [-0.15, -0.1) is 11.3 Å². The summed E-state index contributed by atoms with van der Waals surface area (Å²) in [6, 6.07) is 4.09. The Hall–Kier alpha value is -2.48. The largest absolute Gasteiger partial charge is 0.481 e. The maximum Gasteiger partial charge on any atom is 0.303 e. The third-order valence-electron chi connectivity index (χ3n) is 4.20. The molecule has 4 heterocycles. The van der Waals surface area contributed by atoms with Gasteiger partial charge in [-0.3, -0.25) is 9.48 Å². The number of aryl methyl sites for hydroxylation is 2. The van der Waals surface area contributed by atoms with Crippen molar-refractivity contribution in [1.82, 2.24) is 19.7 Å². The second-order valence-electron chi connectivity index (χ2n) is 5.86. The molecule has 0 radical (unpaired) electrons. The predicted molar refractivity (Wildman–Crippen MR) is 91.3 cm³/mol. The van der Waals surface area contributed by atoms with Gasteiger partial charge in [-0.1, -0.05) is 0 Å². The van der Waals surface area contributed by atoms with E-state index in [0.29, 0.717) is 6.42 Å². The van der Waals surface area contributed by atoms with Crippen LogP contribution in [0.25, 0.3) is 10.2 Å². The number of carboxylic acid groups (broad SMARTS) is 1. The fourth-order valence-electron chi connectivity index (χ4n) is 3.09. The van der Waals surface area contributed by atoms with E-state index in [2.05, 4.69) is 26.0 Å². The number of hydrogen-bond donors (Lipinski definition) is 1. The summed E-state index contributed by atoms with van der Waals surface area (Å²) in [5, 5.41) is 16.5. The van der Waals surface area contributed by atoms with Gasteiger partial charge >= 0.3 is 5.97 Å². The first kappa shape index (κ1) is 15.1. The van der Waals surface area contributed by atoms with Gasteiger partial charge in [-0.05, 0) is 23.9 Å². The van der Waals surface area contributed by atoms with E-state index in [1.54, 1.807) is 17.7 Å². The third-order valence-corrected chi connectivity index (χ3v) is 5.02. The molecule has 0 bridgehead atoms. The highest BCUT2D eigenvalue weighted by atomic mass is 32.1. The van der Waals surface area contributed by atoms with E-state index >= 15 is 0 Å². The zero-order chi connectivity index (χ0) is 16.5. The Kier molecular flexibility index (Phi) is 3.89. The summed E-state index contributed by atoms with van der Waals surface area (Å²) in [6.07, 6.45) is 3.18. The van der Waals surface area contributed by atoms with E-state index in [-0.39, 0.29) is 6.42 Å². The zero-order valence-electron chi connectivity index (χ0n) is 13.1. The van der Waals surface area contributed by atoms with Crippen LogP contribution >= 0.6 is 11.3 Å². The van der Waals surface area contributed by atoms with E-state index in [4.69, 9.17) is 5.11 Å². The first-order valence-electron chi connectivity index (χ1n) is 7.91. The molecular weight excluding hydrogens is 326 g/mol. The molecule has 0 fully saturated rings. The number of carbonyl (C=O) groups is 1. The fraction of sp³-hybridized carbons (Fsp3) is 0.375. The summed E-state index contributed by atoms with van der Waals surface area (Å²) in [5.41, 5.74) is 1.95. The molecule has 8 heteroatoms. The average molecular weight is 343 g/mol. The Balaban J connectivity index is 1.61. The third kappa shape index (κ3) is 2.84. The van der Waals surface area contributed by atoms with Crippen molar-refractivity contribution in [3.63, 3.8) is 0 Å². The molecule has 0 saturated carbocycles. The van der Waals surface area contributed by atoms with E-state index in [0.717, 1.165) is 53.5 Å². The molecule has 4 rings (SSSR count). The second-order valence-corrected chi connectivity index (χ2v) is 6.75. The van der Waals surface area contributed by atoms with Gasteiger partial charge in [0.2, 0.25) is 0 Å². The maximum atomic E-state index is 10.8. The minimum absolute atomic E-state index is 0.113. The number of thiophene rings is 1. The van der Waals surface area contributed by atoms with E-state index < -0.39 is 5.97 Å². The van der Waals surface area contributed by atoms with Crippen molar-refractivity contribution in [2.75, 3.05) is 11.4 Å². The topological polar surface area (TPSA) is 84.1 Å². The summed E-state index contributed by atoms with van der Waals surface area (Å²) in [6.45, 7) is 2.48. The average Bonchev–Trinajstić information content (AvgIpc) is 3.14. The summed E-state index contributed by atoms with van der Waals surface area (Å²) in [5.74, 6) is 0.170. The lowest BCUT2D eigenvalue weighted by atomic mass is 10.2. The Bertz CT molecular complexity index is 888. The van der Waals surface area contributed by atoms with Gasteiger partial charge in [0, 0.05) is 19.5 Å². The number of hydrogen-bond acceptors (Lipinski definition) is 6. The normalized spacial score (nSPS) is 14.6. The first-order chi connectivity index (χ1) is 11.7. The Labute approximate surface area is 142 Å². The second kappa shape index (κ2) is 6.20. The molecule has 1 N–H and O–H groups in total. The number of carboxylic acids is 1. The van der Waals surface area contributed by atoms with E-state index in [1.165, 1.54) is 0 Å². The van der Waals surface area contributed by atoms with Crippen LogP contribution in [0.3, 0.4) is 0 Å². The van der Waals surface area contributed by atoms with Crippen molar-refractivity contribution < 1.29 is 9.90 Å². The van der Waals surface area contributed by atoms with E-state index in [1.807, 2.05) is 16.1 Å². The molecule has 0 unspecified atom stereocenters. The number of aromatic nitrogens is 4.